The topological polar surface area (TPSA) is 59.8 Å². The number of halogens is 4. The lowest BCUT2D eigenvalue weighted by molar-refractivity contribution is -0.137. The molecular formula is C18H14ClF3N4OS. The molecule has 0 unspecified atom stereocenters. The van der Waals surface area contributed by atoms with E-state index in [9.17, 15) is 18.0 Å². The van der Waals surface area contributed by atoms with Gasteiger partial charge in [0.25, 0.3) is 0 Å². The molecule has 5 nitrogen and oxygen atoms in total. The zero-order valence-corrected chi connectivity index (χ0v) is 15.9. The van der Waals surface area contributed by atoms with E-state index in [2.05, 4.69) is 15.4 Å². The average molecular weight is 427 g/mol. The molecule has 0 aliphatic carbocycles. The van der Waals surface area contributed by atoms with Crippen LogP contribution in [0.4, 0.5) is 19.0 Å². The van der Waals surface area contributed by atoms with Crippen LogP contribution in [0, 0.1) is 0 Å². The van der Waals surface area contributed by atoms with Gasteiger partial charge in [-0.05, 0) is 23.8 Å². The number of aromatic nitrogens is 3. The van der Waals surface area contributed by atoms with Gasteiger partial charge in [-0.1, -0.05) is 41.6 Å². The normalized spacial score (nSPS) is 11.4. The molecule has 2 heterocycles. The third kappa shape index (κ3) is 5.26. The molecule has 0 fully saturated rings. The maximum Gasteiger partial charge on any atom is 0.417 e. The first-order chi connectivity index (χ1) is 13.3. The highest BCUT2D eigenvalue weighted by atomic mass is 35.5. The first-order valence-electron chi connectivity index (χ1n) is 8.04. The fraction of sp³-hybridized carbons (Fsp3) is 0.167. The van der Waals surface area contributed by atoms with Crippen LogP contribution < -0.4 is 5.32 Å². The summed E-state index contributed by atoms with van der Waals surface area (Å²) in [5.41, 5.74) is 0.0245. The molecule has 28 heavy (non-hydrogen) atoms. The molecule has 1 amide bonds. The number of carbonyl (C=O) groups is 1. The number of carbonyl (C=O) groups excluding carboxylic acids is 1. The van der Waals surface area contributed by atoms with Gasteiger partial charge in [-0.25, -0.2) is 9.67 Å². The highest BCUT2D eigenvalue weighted by molar-refractivity contribution is 7.99. The first-order valence-corrected chi connectivity index (χ1v) is 9.40. The number of alkyl halides is 3. The summed E-state index contributed by atoms with van der Waals surface area (Å²) in [6.07, 6.45) is -2.14. The number of hydrogen-bond donors (Lipinski definition) is 1. The summed E-state index contributed by atoms with van der Waals surface area (Å²) in [7, 11) is 0. The molecule has 0 aliphatic heterocycles. The smallest absolute Gasteiger partial charge is 0.310 e. The Morgan fingerprint density at radius 1 is 1.18 bits per heavy atom. The van der Waals surface area contributed by atoms with Crippen molar-refractivity contribution in [2.24, 2.45) is 0 Å². The molecule has 3 rings (SSSR count). The van der Waals surface area contributed by atoms with Crippen molar-refractivity contribution in [3.63, 3.8) is 0 Å². The Balaban J connectivity index is 1.57. The number of amides is 1. The van der Waals surface area contributed by atoms with Crippen molar-refractivity contribution in [3.05, 3.63) is 71.0 Å². The van der Waals surface area contributed by atoms with Crippen LogP contribution in [0.25, 0.3) is 0 Å². The lowest BCUT2D eigenvalue weighted by atomic mass is 10.2. The highest BCUT2D eigenvalue weighted by Crippen LogP contribution is 2.29. The summed E-state index contributed by atoms with van der Waals surface area (Å²) in [5, 5.41) is 7.82. The molecule has 1 N–H and O–H groups in total. The van der Waals surface area contributed by atoms with Crippen LogP contribution in [-0.2, 0) is 17.5 Å². The number of hydrogen-bond acceptors (Lipinski definition) is 4. The summed E-state index contributed by atoms with van der Waals surface area (Å²) in [6, 6.07) is 11.1. The maximum absolute atomic E-state index is 12.5. The van der Waals surface area contributed by atoms with E-state index in [0.717, 1.165) is 29.6 Å². The van der Waals surface area contributed by atoms with E-state index in [1.54, 1.807) is 23.0 Å². The fourth-order valence-corrected chi connectivity index (χ4v) is 3.14. The average Bonchev–Trinajstić information content (AvgIpc) is 3.08. The number of nitrogens with one attached hydrogen (secondary N) is 1. The Kier molecular flexibility index (Phi) is 6.25. The molecule has 0 spiro atoms. The Labute approximate surface area is 167 Å². The van der Waals surface area contributed by atoms with Crippen molar-refractivity contribution in [3.8, 4) is 0 Å². The molecule has 0 atom stereocenters. The van der Waals surface area contributed by atoms with E-state index in [4.69, 9.17) is 11.6 Å². The van der Waals surface area contributed by atoms with Gasteiger partial charge in [0.15, 0.2) is 0 Å². The second kappa shape index (κ2) is 8.66. The molecule has 146 valence electrons. The largest absolute Gasteiger partial charge is 0.417 e. The van der Waals surface area contributed by atoms with Crippen molar-refractivity contribution < 1.29 is 18.0 Å². The second-order valence-electron chi connectivity index (χ2n) is 5.69. The number of thioether (sulfide) groups is 1. The summed E-state index contributed by atoms with van der Waals surface area (Å²) < 4.78 is 39.2. The van der Waals surface area contributed by atoms with Gasteiger partial charge in [-0.3, -0.25) is 4.79 Å². The molecule has 0 bridgehead atoms. The Morgan fingerprint density at radius 3 is 2.64 bits per heavy atom. The van der Waals surface area contributed by atoms with Crippen LogP contribution in [0.1, 0.15) is 11.1 Å². The second-order valence-corrected chi connectivity index (χ2v) is 7.09. The minimum atomic E-state index is -4.44. The number of pyridine rings is 1. The van der Waals surface area contributed by atoms with Gasteiger partial charge < -0.3 is 5.32 Å². The number of anilines is 1. The van der Waals surface area contributed by atoms with Gasteiger partial charge in [0, 0.05) is 17.3 Å². The van der Waals surface area contributed by atoms with Crippen LogP contribution in [0.2, 0.25) is 5.02 Å². The summed E-state index contributed by atoms with van der Waals surface area (Å²) in [4.78, 5) is 15.9. The Hall–Kier alpha value is -2.52. The maximum atomic E-state index is 12.5. The molecule has 0 saturated heterocycles. The third-order valence-corrected chi connectivity index (χ3v) is 4.99. The van der Waals surface area contributed by atoms with E-state index in [1.165, 1.54) is 6.07 Å². The molecular weight excluding hydrogens is 413 g/mol. The van der Waals surface area contributed by atoms with E-state index < -0.39 is 11.7 Å². The van der Waals surface area contributed by atoms with Crippen molar-refractivity contribution in [1.29, 1.82) is 0 Å². The monoisotopic (exact) mass is 426 g/mol. The predicted octanol–water partition coefficient (Wildman–Crippen LogP) is 4.73. The molecule has 10 heteroatoms. The van der Waals surface area contributed by atoms with Crippen LogP contribution in [-0.4, -0.2) is 26.4 Å². The van der Waals surface area contributed by atoms with Crippen LogP contribution >= 0.6 is 23.4 Å². The number of benzene rings is 1. The predicted molar refractivity (Wildman–Crippen MR) is 101 cm³/mol. The molecule has 3 aromatic rings. The molecule has 1 aromatic carbocycles. The van der Waals surface area contributed by atoms with E-state index in [-0.39, 0.29) is 11.7 Å². The van der Waals surface area contributed by atoms with Gasteiger partial charge in [0.2, 0.25) is 5.91 Å². The Morgan fingerprint density at radius 2 is 1.96 bits per heavy atom. The minimum Gasteiger partial charge on any atom is -0.310 e. The van der Waals surface area contributed by atoms with Crippen molar-refractivity contribution >= 4 is 35.1 Å². The van der Waals surface area contributed by atoms with Crippen LogP contribution in [0.5, 0.6) is 0 Å². The van der Waals surface area contributed by atoms with Crippen molar-refractivity contribution in [2.75, 3.05) is 11.1 Å². The zero-order chi connectivity index (χ0) is 20.1. The van der Waals surface area contributed by atoms with Crippen LogP contribution in [0.3, 0.4) is 0 Å². The minimum absolute atomic E-state index is 0.00433. The summed E-state index contributed by atoms with van der Waals surface area (Å²) >= 11 is 7.19. The van der Waals surface area contributed by atoms with Gasteiger partial charge >= 0.3 is 6.18 Å². The van der Waals surface area contributed by atoms with E-state index in [0.29, 0.717) is 22.4 Å². The molecule has 2 aromatic heterocycles. The van der Waals surface area contributed by atoms with Crippen molar-refractivity contribution in [1.82, 2.24) is 14.8 Å². The number of nitrogens with zero attached hydrogens (tertiary/aromatic N) is 3. The van der Waals surface area contributed by atoms with E-state index in [1.807, 2.05) is 18.2 Å². The lowest BCUT2D eigenvalue weighted by Gasteiger charge is -2.10. The lowest BCUT2D eigenvalue weighted by Crippen LogP contribution is -2.18. The van der Waals surface area contributed by atoms with Crippen molar-refractivity contribution in [2.45, 2.75) is 17.7 Å². The van der Waals surface area contributed by atoms with Gasteiger partial charge in [-0.2, -0.15) is 18.3 Å². The summed E-state index contributed by atoms with van der Waals surface area (Å²) in [5.74, 6) is 0.161. The Bertz CT molecular complexity index is 960. The van der Waals surface area contributed by atoms with Crippen LogP contribution in [0.15, 0.2) is 59.9 Å². The zero-order valence-electron chi connectivity index (χ0n) is 14.3. The molecule has 0 aliphatic rings. The van der Waals surface area contributed by atoms with E-state index >= 15 is 0 Å². The van der Waals surface area contributed by atoms with Gasteiger partial charge in [0.1, 0.15) is 5.82 Å². The SMILES string of the molecule is O=C(CSc1ccc(C(F)(F)F)cn1)Nc1ccnn1Cc1ccccc1Cl. The summed E-state index contributed by atoms with van der Waals surface area (Å²) in [6.45, 7) is 0.385. The van der Waals surface area contributed by atoms with Gasteiger partial charge in [-0.15, -0.1) is 0 Å². The number of rotatable bonds is 6. The highest BCUT2D eigenvalue weighted by Gasteiger charge is 2.30. The third-order valence-electron chi connectivity index (χ3n) is 3.68. The molecule has 0 radical (unpaired) electrons. The molecule has 0 saturated carbocycles. The quantitative estimate of drug-likeness (QED) is 0.579. The first kappa shape index (κ1) is 20.2. The standard InChI is InChI=1S/C18H14ClF3N4OS/c19-14-4-2-1-3-12(14)10-26-15(7-8-24-26)25-16(27)11-28-17-6-5-13(9-23-17)18(20,21)22/h1-9H,10-11H2,(H,25,27). The fourth-order valence-electron chi connectivity index (χ4n) is 2.30. The van der Waals surface area contributed by atoms with Gasteiger partial charge in [0.05, 0.1) is 29.1 Å².